The largest absolute Gasteiger partial charge is 0.298 e. The molecule has 0 unspecified atom stereocenters. The summed E-state index contributed by atoms with van der Waals surface area (Å²) in [5, 5.41) is 0. The number of rotatable bonds is 2. The number of hydrogen-bond donors (Lipinski definition) is 0. The minimum Gasteiger partial charge on any atom is -0.298 e. The monoisotopic (exact) mass is 184 g/mol. The Hall–Kier alpha value is -0.0800. The van der Waals surface area contributed by atoms with Crippen molar-refractivity contribution in [3.05, 3.63) is 0 Å². The molecule has 0 saturated carbocycles. The van der Waals surface area contributed by atoms with Crippen LogP contribution < -0.4 is 0 Å². The van der Waals surface area contributed by atoms with Gasteiger partial charge in [-0.15, -0.1) is 0 Å². The van der Waals surface area contributed by atoms with E-state index in [0.29, 0.717) is 12.1 Å². The van der Waals surface area contributed by atoms with Crippen LogP contribution in [0.1, 0.15) is 34.6 Å². The van der Waals surface area contributed by atoms with Crippen molar-refractivity contribution in [1.82, 2.24) is 9.80 Å². The molecule has 0 bridgehead atoms. The van der Waals surface area contributed by atoms with E-state index in [4.69, 9.17) is 0 Å². The molecule has 2 heteroatoms. The Kier molecular flexibility index (Phi) is 3.74. The number of hydrogen-bond acceptors (Lipinski definition) is 2. The molecular weight excluding hydrogens is 160 g/mol. The maximum absolute atomic E-state index is 2.60. The quantitative estimate of drug-likeness (QED) is 0.646. The lowest BCUT2D eigenvalue weighted by Gasteiger charge is -2.43. The zero-order valence-electron chi connectivity index (χ0n) is 9.75. The average Bonchev–Trinajstić information content (AvgIpc) is 2.03. The lowest BCUT2D eigenvalue weighted by molar-refractivity contribution is 0.0447. The summed E-state index contributed by atoms with van der Waals surface area (Å²) in [4.78, 5) is 5.17. The van der Waals surface area contributed by atoms with E-state index in [0.717, 1.165) is 6.04 Å². The Morgan fingerprint density at radius 3 is 2.00 bits per heavy atom. The van der Waals surface area contributed by atoms with Crippen LogP contribution in [-0.4, -0.2) is 47.6 Å². The molecule has 78 valence electrons. The van der Waals surface area contributed by atoms with Gasteiger partial charge in [0.15, 0.2) is 0 Å². The van der Waals surface area contributed by atoms with E-state index in [2.05, 4.69) is 44.4 Å². The number of piperazine rings is 1. The molecule has 0 aromatic rings. The second-order valence-electron chi connectivity index (χ2n) is 4.77. The second kappa shape index (κ2) is 4.43. The Bertz CT molecular complexity index is 154. The van der Waals surface area contributed by atoms with Gasteiger partial charge in [0.1, 0.15) is 0 Å². The van der Waals surface area contributed by atoms with Crippen LogP contribution >= 0.6 is 0 Å². The first-order chi connectivity index (χ1) is 6.02. The predicted octanol–water partition coefficient (Wildman–Crippen LogP) is 1.81. The minimum absolute atomic E-state index is 0.698. The highest BCUT2D eigenvalue weighted by Gasteiger charge is 2.26. The first kappa shape index (κ1) is 11.0. The summed E-state index contributed by atoms with van der Waals surface area (Å²) >= 11 is 0. The van der Waals surface area contributed by atoms with Gasteiger partial charge in [0.05, 0.1) is 0 Å². The highest BCUT2D eigenvalue weighted by atomic mass is 15.3. The van der Waals surface area contributed by atoms with Gasteiger partial charge in [-0.1, -0.05) is 0 Å². The van der Waals surface area contributed by atoms with Crippen molar-refractivity contribution in [2.75, 3.05) is 19.6 Å². The van der Waals surface area contributed by atoms with E-state index >= 15 is 0 Å². The topological polar surface area (TPSA) is 6.48 Å². The van der Waals surface area contributed by atoms with Gasteiger partial charge >= 0.3 is 0 Å². The molecule has 0 N–H and O–H groups in total. The molecule has 1 atom stereocenters. The normalized spacial score (nSPS) is 27.5. The van der Waals surface area contributed by atoms with E-state index in [1.54, 1.807) is 0 Å². The van der Waals surface area contributed by atoms with Crippen LogP contribution in [-0.2, 0) is 0 Å². The van der Waals surface area contributed by atoms with Crippen molar-refractivity contribution in [2.24, 2.45) is 0 Å². The summed E-state index contributed by atoms with van der Waals surface area (Å²) in [5.41, 5.74) is 0. The predicted molar refractivity (Wildman–Crippen MR) is 58.0 cm³/mol. The van der Waals surface area contributed by atoms with Gasteiger partial charge < -0.3 is 0 Å². The standard InChI is InChI=1S/C11H24N2/c1-9(2)12-6-7-13(10(3)4)11(5)8-12/h9-11H,6-8H2,1-5H3/t11-/m1/s1. The van der Waals surface area contributed by atoms with Crippen molar-refractivity contribution >= 4 is 0 Å². The van der Waals surface area contributed by atoms with Crippen LogP contribution in [0.15, 0.2) is 0 Å². The third-order valence-corrected chi connectivity index (χ3v) is 3.10. The molecule has 0 aromatic heterocycles. The Labute approximate surface area is 82.9 Å². The Morgan fingerprint density at radius 2 is 1.62 bits per heavy atom. The van der Waals surface area contributed by atoms with Gasteiger partial charge in [-0.2, -0.15) is 0 Å². The van der Waals surface area contributed by atoms with Crippen LogP contribution in [0.4, 0.5) is 0 Å². The molecule has 0 radical (unpaired) electrons. The molecule has 1 aliphatic rings. The number of nitrogens with zero attached hydrogens (tertiary/aromatic N) is 2. The van der Waals surface area contributed by atoms with Crippen molar-refractivity contribution < 1.29 is 0 Å². The fourth-order valence-corrected chi connectivity index (χ4v) is 2.24. The second-order valence-corrected chi connectivity index (χ2v) is 4.77. The summed E-state index contributed by atoms with van der Waals surface area (Å²) < 4.78 is 0. The van der Waals surface area contributed by atoms with E-state index in [-0.39, 0.29) is 0 Å². The average molecular weight is 184 g/mol. The van der Waals surface area contributed by atoms with Crippen LogP contribution in [0.5, 0.6) is 0 Å². The van der Waals surface area contributed by atoms with Crippen LogP contribution in [0.25, 0.3) is 0 Å². The summed E-state index contributed by atoms with van der Waals surface area (Å²) in [6.07, 6.45) is 0. The molecule has 13 heavy (non-hydrogen) atoms. The molecule has 0 aliphatic carbocycles. The fourth-order valence-electron chi connectivity index (χ4n) is 2.24. The summed E-state index contributed by atoms with van der Waals surface area (Å²) in [7, 11) is 0. The fraction of sp³-hybridized carbons (Fsp3) is 1.00. The van der Waals surface area contributed by atoms with E-state index < -0.39 is 0 Å². The van der Waals surface area contributed by atoms with Gasteiger partial charge in [-0.3, -0.25) is 9.80 Å². The molecule has 1 rings (SSSR count). The maximum atomic E-state index is 2.60. The lowest BCUT2D eigenvalue weighted by Crippen LogP contribution is -2.55. The van der Waals surface area contributed by atoms with E-state index in [1.807, 2.05) is 0 Å². The van der Waals surface area contributed by atoms with Crippen molar-refractivity contribution in [2.45, 2.75) is 52.7 Å². The highest BCUT2D eigenvalue weighted by Crippen LogP contribution is 2.14. The Balaban J connectivity index is 2.46. The van der Waals surface area contributed by atoms with Gasteiger partial charge in [-0.05, 0) is 34.6 Å². The summed E-state index contributed by atoms with van der Waals surface area (Å²) in [5.74, 6) is 0. The van der Waals surface area contributed by atoms with Crippen molar-refractivity contribution in [3.63, 3.8) is 0 Å². The van der Waals surface area contributed by atoms with Gasteiger partial charge in [0.2, 0.25) is 0 Å². The van der Waals surface area contributed by atoms with E-state index in [1.165, 1.54) is 19.6 Å². The van der Waals surface area contributed by atoms with Crippen LogP contribution in [0.2, 0.25) is 0 Å². The zero-order chi connectivity index (χ0) is 10.0. The van der Waals surface area contributed by atoms with E-state index in [9.17, 15) is 0 Å². The third-order valence-electron chi connectivity index (χ3n) is 3.10. The zero-order valence-corrected chi connectivity index (χ0v) is 9.75. The SMILES string of the molecule is CC(C)N1CCN(C(C)C)[C@H](C)C1. The minimum atomic E-state index is 0.698. The molecule has 2 nitrogen and oxygen atoms in total. The molecule has 0 aromatic carbocycles. The summed E-state index contributed by atoms with van der Waals surface area (Å²) in [6, 6.07) is 2.12. The summed E-state index contributed by atoms with van der Waals surface area (Å²) in [6.45, 7) is 15.2. The molecule has 1 fully saturated rings. The van der Waals surface area contributed by atoms with Gasteiger partial charge in [0.25, 0.3) is 0 Å². The smallest absolute Gasteiger partial charge is 0.0198 e. The van der Waals surface area contributed by atoms with Gasteiger partial charge in [-0.25, -0.2) is 0 Å². The molecule has 1 heterocycles. The van der Waals surface area contributed by atoms with Crippen LogP contribution in [0, 0.1) is 0 Å². The molecule has 1 aliphatic heterocycles. The highest BCUT2D eigenvalue weighted by molar-refractivity contribution is 4.82. The Morgan fingerprint density at radius 1 is 1.00 bits per heavy atom. The first-order valence-electron chi connectivity index (χ1n) is 5.52. The third kappa shape index (κ3) is 2.68. The first-order valence-corrected chi connectivity index (χ1v) is 5.52. The van der Waals surface area contributed by atoms with Crippen molar-refractivity contribution in [1.29, 1.82) is 0 Å². The molecule has 0 spiro atoms. The maximum Gasteiger partial charge on any atom is 0.0198 e. The van der Waals surface area contributed by atoms with Gasteiger partial charge in [0, 0.05) is 37.8 Å². The molecular formula is C11H24N2. The molecule has 1 saturated heterocycles. The van der Waals surface area contributed by atoms with Crippen molar-refractivity contribution in [3.8, 4) is 0 Å². The van der Waals surface area contributed by atoms with Crippen LogP contribution in [0.3, 0.4) is 0 Å². The molecule has 0 amide bonds. The lowest BCUT2D eigenvalue weighted by atomic mass is 10.1.